The van der Waals surface area contributed by atoms with Crippen LogP contribution in [0.5, 0.6) is 0 Å². The smallest absolute Gasteiger partial charge is 0.262 e. The number of anilines is 1. The summed E-state index contributed by atoms with van der Waals surface area (Å²) in [4.78, 5) is 0. The highest BCUT2D eigenvalue weighted by Gasteiger charge is 2.24. The van der Waals surface area contributed by atoms with Gasteiger partial charge in [-0.05, 0) is 29.6 Å². The first kappa shape index (κ1) is 14.3. The molecule has 2 rings (SSSR count). The molecule has 1 aromatic heterocycles. The summed E-state index contributed by atoms with van der Waals surface area (Å²) in [5.74, 6) is 0. The third kappa shape index (κ3) is 3.08. The Morgan fingerprint density at radius 3 is 2.68 bits per heavy atom. The van der Waals surface area contributed by atoms with Crippen molar-refractivity contribution in [2.24, 2.45) is 0 Å². The number of nitrogens with zero attached hydrogens (tertiary/aromatic N) is 1. The maximum absolute atomic E-state index is 12.6. The summed E-state index contributed by atoms with van der Waals surface area (Å²) < 4.78 is 27.6. The second kappa shape index (κ2) is 5.90. The normalized spacial score (nSPS) is 11.2. The number of hydrogen-bond donors (Lipinski definition) is 0. The van der Waals surface area contributed by atoms with E-state index in [0.717, 1.165) is 4.47 Å². The van der Waals surface area contributed by atoms with E-state index in [4.69, 9.17) is 0 Å². The molecule has 0 bridgehead atoms. The van der Waals surface area contributed by atoms with Gasteiger partial charge in [0.05, 0.1) is 12.2 Å². The summed E-state index contributed by atoms with van der Waals surface area (Å²) in [6, 6.07) is 10.5. The summed E-state index contributed by atoms with van der Waals surface area (Å²) in [5, 5.41) is 1.75. The molecule has 0 N–H and O–H groups in total. The largest absolute Gasteiger partial charge is 0.274 e. The average Bonchev–Trinajstić information content (AvgIpc) is 2.90. The first-order valence-corrected chi connectivity index (χ1v) is 8.59. The topological polar surface area (TPSA) is 37.4 Å². The van der Waals surface area contributed by atoms with E-state index in [1.165, 1.54) is 15.6 Å². The van der Waals surface area contributed by atoms with Gasteiger partial charge >= 0.3 is 0 Å². The lowest BCUT2D eigenvalue weighted by atomic mass is 10.3. The van der Waals surface area contributed by atoms with Crippen LogP contribution in [0.4, 0.5) is 5.69 Å². The standard InChI is InChI=1S/C13H12BrNO2S2/c1-2-8-15(12-6-3-5-11(14)10-12)19(16,17)13-7-4-9-18-13/h2-7,9-10H,1,8H2. The molecule has 1 aromatic carbocycles. The number of thiophene rings is 1. The molecule has 1 heterocycles. The summed E-state index contributed by atoms with van der Waals surface area (Å²) in [6.45, 7) is 3.86. The van der Waals surface area contributed by atoms with E-state index >= 15 is 0 Å². The van der Waals surface area contributed by atoms with Crippen molar-refractivity contribution in [3.8, 4) is 0 Å². The van der Waals surface area contributed by atoms with E-state index < -0.39 is 10.0 Å². The van der Waals surface area contributed by atoms with E-state index in [1.807, 2.05) is 6.07 Å². The minimum atomic E-state index is -3.53. The highest BCUT2D eigenvalue weighted by molar-refractivity contribution is 9.10. The minimum absolute atomic E-state index is 0.233. The first-order chi connectivity index (χ1) is 9.05. The molecule has 0 saturated heterocycles. The van der Waals surface area contributed by atoms with Crippen LogP contribution in [0.3, 0.4) is 0 Å². The van der Waals surface area contributed by atoms with Crippen LogP contribution in [0.2, 0.25) is 0 Å². The van der Waals surface area contributed by atoms with Crippen molar-refractivity contribution < 1.29 is 8.42 Å². The van der Waals surface area contributed by atoms with Crippen LogP contribution < -0.4 is 4.31 Å². The molecular formula is C13H12BrNO2S2. The van der Waals surface area contributed by atoms with Crippen LogP contribution in [0.25, 0.3) is 0 Å². The first-order valence-electron chi connectivity index (χ1n) is 5.48. The lowest BCUT2D eigenvalue weighted by Gasteiger charge is -2.22. The Hall–Kier alpha value is -1.11. The number of sulfonamides is 1. The van der Waals surface area contributed by atoms with Gasteiger partial charge < -0.3 is 0 Å². The van der Waals surface area contributed by atoms with Gasteiger partial charge in [0.1, 0.15) is 4.21 Å². The lowest BCUT2D eigenvalue weighted by molar-refractivity contribution is 0.595. The quantitative estimate of drug-likeness (QED) is 0.761. The average molecular weight is 358 g/mol. The molecule has 0 amide bonds. The van der Waals surface area contributed by atoms with Crippen LogP contribution >= 0.6 is 27.3 Å². The van der Waals surface area contributed by atoms with Crippen molar-refractivity contribution in [2.45, 2.75) is 4.21 Å². The fraction of sp³-hybridized carbons (Fsp3) is 0.0769. The molecule has 0 spiro atoms. The van der Waals surface area contributed by atoms with Gasteiger partial charge in [0, 0.05) is 4.47 Å². The fourth-order valence-corrected chi connectivity index (χ4v) is 4.53. The zero-order valence-corrected chi connectivity index (χ0v) is 13.2. The molecule has 0 aliphatic rings. The molecule has 2 aromatic rings. The molecule has 0 radical (unpaired) electrons. The molecule has 0 atom stereocenters. The number of hydrogen-bond acceptors (Lipinski definition) is 3. The second-order valence-corrected chi connectivity index (χ2v) is 7.69. The molecule has 0 aliphatic carbocycles. The second-order valence-electron chi connectivity index (χ2n) is 3.74. The molecule has 0 unspecified atom stereocenters. The van der Waals surface area contributed by atoms with Gasteiger partial charge in [-0.25, -0.2) is 8.42 Å². The fourth-order valence-electron chi connectivity index (χ4n) is 1.61. The monoisotopic (exact) mass is 357 g/mol. The highest BCUT2D eigenvalue weighted by Crippen LogP contribution is 2.28. The Balaban J connectivity index is 2.49. The molecule has 100 valence electrons. The molecule has 19 heavy (non-hydrogen) atoms. The Bertz CT molecular complexity index is 666. The van der Waals surface area contributed by atoms with Crippen molar-refractivity contribution in [3.05, 3.63) is 58.9 Å². The van der Waals surface area contributed by atoms with Crippen LogP contribution in [0, 0.1) is 0 Å². The number of rotatable bonds is 5. The highest BCUT2D eigenvalue weighted by atomic mass is 79.9. The van der Waals surface area contributed by atoms with E-state index in [1.54, 1.807) is 41.8 Å². The van der Waals surface area contributed by atoms with Crippen molar-refractivity contribution in [1.82, 2.24) is 0 Å². The van der Waals surface area contributed by atoms with Crippen molar-refractivity contribution in [1.29, 1.82) is 0 Å². The Labute approximate surface area is 125 Å². The van der Waals surface area contributed by atoms with E-state index in [9.17, 15) is 8.42 Å². The summed E-state index contributed by atoms with van der Waals surface area (Å²) in [5.41, 5.74) is 0.614. The van der Waals surface area contributed by atoms with Crippen LogP contribution in [0.1, 0.15) is 0 Å². The van der Waals surface area contributed by atoms with Crippen LogP contribution in [-0.2, 0) is 10.0 Å². The number of benzene rings is 1. The zero-order valence-electron chi connectivity index (χ0n) is 9.99. The van der Waals surface area contributed by atoms with Gasteiger partial charge in [-0.2, -0.15) is 0 Å². The summed E-state index contributed by atoms with van der Waals surface area (Å²) in [7, 11) is -3.53. The maximum Gasteiger partial charge on any atom is 0.274 e. The summed E-state index contributed by atoms with van der Waals surface area (Å²) in [6.07, 6.45) is 1.58. The molecule has 0 aliphatic heterocycles. The predicted molar refractivity (Wildman–Crippen MR) is 83.2 cm³/mol. The van der Waals surface area contributed by atoms with Gasteiger partial charge in [-0.15, -0.1) is 17.9 Å². The Morgan fingerprint density at radius 1 is 1.32 bits per heavy atom. The molecule has 0 fully saturated rings. The van der Waals surface area contributed by atoms with Gasteiger partial charge in [-0.3, -0.25) is 4.31 Å². The molecule has 0 saturated carbocycles. The SMILES string of the molecule is C=CCN(c1cccc(Br)c1)S(=O)(=O)c1cccs1. The van der Waals surface area contributed by atoms with Gasteiger partial charge in [0.25, 0.3) is 10.0 Å². The van der Waals surface area contributed by atoms with Crippen LogP contribution in [0.15, 0.2) is 63.1 Å². The molecule has 6 heteroatoms. The van der Waals surface area contributed by atoms with Gasteiger partial charge in [0.15, 0.2) is 0 Å². The van der Waals surface area contributed by atoms with Gasteiger partial charge in [-0.1, -0.05) is 34.1 Å². The Kier molecular flexibility index (Phi) is 4.44. The van der Waals surface area contributed by atoms with Crippen molar-refractivity contribution in [3.63, 3.8) is 0 Å². The molecular weight excluding hydrogens is 346 g/mol. The van der Waals surface area contributed by atoms with Gasteiger partial charge in [0.2, 0.25) is 0 Å². The third-order valence-corrected chi connectivity index (χ3v) is 6.09. The maximum atomic E-state index is 12.6. The third-order valence-electron chi connectivity index (χ3n) is 2.43. The summed E-state index contributed by atoms with van der Waals surface area (Å²) >= 11 is 4.56. The predicted octanol–water partition coefficient (Wildman–Crippen LogP) is 3.89. The number of halogens is 1. The zero-order chi connectivity index (χ0) is 13.9. The van der Waals surface area contributed by atoms with E-state index in [-0.39, 0.29) is 6.54 Å². The molecule has 3 nitrogen and oxygen atoms in total. The van der Waals surface area contributed by atoms with Crippen LogP contribution in [-0.4, -0.2) is 15.0 Å². The van der Waals surface area contributed by atoms with Crippen molar-refractivity contribution >= 4 is 43.0 Å². The van der Waals surface area contributed by atoms with E-state index in [2.05, 4.69) is 22.5 Å². The van der Waals surface area contributed by atoms with E-state index in [0.29, 0.717) is 9.90 Å². The Morgan fingerprint density at radius 2 is 2.11 bits per heavy atom. The van der Waals surface area contributed by atoms with Crippen molar-refractivity contribution in [2.75, 3.05) is 10.8 Å². The lowest BCUT2D eigenvalue weighted by Crippen LogP contribution is -2.30. The minimum Gasteiger partial charge on any atom is -0.262 e.